The van der Waals surface area contributed by atoms with E-state index in [1.165, 1.54) is 4.68 Å². The molecule has 122 valence electrons. The standard InChI is InChI=1S/C18H17N3O3/c1-21-15-9-4-3-8-14(15)17(22)16(20-21)18(23)19-13-7-5-6-12(10-13)11-24-2/h3-10H,11H2,1-2H3,(H,19,23). The molecule has 0 saturated heterocycles. The Kier molecular flexibility index (Phi) is 4.39. The molecule has 24 heavy (non-hydrogen) atoms. The van der Waals surface area contributed by atoms with Gasteiger partial charge in [0.2, 0.25) is 5.43 Å². The molecule has 6 heteroatoms. The molecule has 0 aliphatic heterocycles. The van der Waals surface area contributed by atoms with Crippen LogP contribution in [0, 0.1) is 0 Å². The van der Waals surface area contributed by atoms with E-state index in [0.717, 1.165) is 5.56 Å². The molecule has 2 aromatic carbocycles. The summed E-state index contributed by atoms with van der Waals surface area (Å²) in [4.78, 5) is 25.0. The van der Waals surface area contributed by atoms with Crippen LogP contribution in [-0.4, -0.2) is 22.8 Å². The summed E-state index contributed by atoms with van der Waals surface area (Å²) >= 11 is 0. The molecule has 0 atom stereocenters. The van der Waals surface area contributed by atoms with Gasteiger partial charge in [0.1, 0.15) is 0 Å². The summed E-state index contributed by atoms with van der Waals surface area (Å²) in [5.74, 6) is -0.532. The SMILES string of the molecule is COCc1cccc(NC(=O)c2nn(C)c3ccccc3c2=O)c1. The number of nitrogens with one attached hydrogen (secondary N) is 1. The van der Waals surface area contributed by atoms with Gasteiger partial charge in [-0.25, -0.2) is 0 Å². The molecule has 0 unspecified atom stereocenters. The quantitative estimate of drug-likeness (QED) is 0.800. The molecular formula is C18H17N3O3. The molecule has 0 aliphatic rings. The first-order chi connectivity index (χ1) is 11.6. The molecular weight excluding hydrogens is 306 g/mol. The molecule has 0 saturated carbocycles. The minimum Gasteiger partial charge on any atom is -0.380 e. The number of carbonyl (C=O) groups is 1. The van der Waals surface area contributed by atoms with Crippen LogP contribution in [0.25, 0.3) is 10.9 Å². The Morgan fingerprint density at radius 2 is 2.00 bits per heavy atom. The van der Waals surface area contributed by atoms with Gasteiger partial charge in [0.05, 0.1) is 12.1 Å². The summed E-state index contributed by atoms with van der Waals surface area (Å²) < 4.78 is 6.61. The summed E-state index contributed by atoms with van der Waals surface area (Å²) in [5.41, 5.74) is 1.69. The molecule has 1 amide bonds. The van der Waals surface area contributed by atoms with Gasteiger partial charge in [0, 0.05) is 25.2 Å². The fourth-order valence-corrected chi connectivity index (χ4v) is 2.57. The zero-order valence-electron chi connectivity index (χ0n) is 13.4. The minimum absolute atomic E-state index is 0.131. The number of ether oxygens (including phenoxy) is 1. The lowest BCUT2D eigenvalue weighted by molar-refractivity contribution is 0.101. The third-order valence-electron chi connectivity index (χ3n) is 3.67. The lowest BCUT2D eigenvalue weighted by Gasteiger charge is -2.09. The lowest BCUT2D eigenvalue weighted by atomic mass is 10.2. The van der Waals surface area contributed by atoms with Gasteiger partial charge in [-0.15, -0.1) is 0 Å². The Morgan fingerprint density at radius 1 is 1.21 bits per heavy atom. The Balaban J connectivity index is 1.96. The number of rotatable bonds is 4. The largest absolute Gasteiger partial charge is 0.380 e. The van der Waals surface area contributed by atoms with Crippen LogP contribution in [0.2, 0.25) is 0 Å². The van der Waals surface area contributed by atoms with Crippen molar-refractivity contribution in [3.8, 4) is 0 Å². The van der Waals surface area contributed by atoms with E-state index in [9.17, 15) is 9.59 Å². The Hall–Kier alpha value is -2.99. The van der Waals surface area contributed by atoms with E-state index in [1.54, 1.807) is 44.5 Å². The lowest BCUT2D eigenvalue weighted by Crippen LogP contribution is -2.26. The number of carbonyl (C=O) groups excluding carboxylic acids is 1. The Bertz CT molecular complexity index is 963. The van der Waals surface area contributed by atoms with Crippen LogP contribution in [0.3, 0.4) is 0 Å². The highest BCUT2D eigenvalue weighted by molar-refractivity contribution is 6.04. The predicted molar refractivity (Wildman–Crippen MR) is 92.1 cm³/mol. The molecule has 0 radical (unpaired) electrons. The van der Waals surface area contributed by atoms with Crippen LogP contribution in [0.15, 0.2) is 53.3 Å². The summed E-state index contributed by atoms with van der Waals surface area (Å²) in [6, 6.07) is 14.3. The van der Waals surface area contributed by atoms with Crippen molar-refractivity contribution >= 4 is 22.5 Å². The van der Waals surface area contributed by atoms with E-state index >= 15 is 0 Å². The second-order valence-corrected chi connectivity index (χ2v) is 5.41. The van der Waals surface area contributed by atoms with E-state index in [0.29, 0.717) is 23.2 Å². The molecule has 1 aromatic heterocycles. The first-order valence-electron chi connectivity index (χ1n) is 7.45. The number of para-hydroxylation sites is 1. The van der Waals surface area contributed by atoms with Crippen LogP contribution < -0.4 is 10.7 Å². The van der Waals surface area contributed by atoms with E-state index in [4.69, 9.17) is 4.74 Å². The van der Waals surface area contributed by atoms with Crippen LogP contribution >= 0.6 is 0 Å². The first kappa shape index (κ1) is 15.9. The van der Waals surface area contributed by atoms with E-state index in [-0.39, 0.29) is 11.1 Å². The van der Waals surface area contributed by atoms with Crippen molar-refractivity contribution in [1.29, 1.82) is 0 Å². The number of anilines is 1. The average molecular weight is 323 g/mol. The molecule has 6 nitrogen and oxygen atoms in total. The highest BCUT2D eigenvalue weighted by atomic mass is 16.5. The van der Waals surface area contributed by atoms with Crippen molar-refractivity contribution in [3.05, 3.63) is 70.0 Å². The average Bonchev–Trinajstić information content (AvgIpc) is 2.59. The highest BCUT2D eigenvalue weighted by Crippen LogP contribution is 2.13. The van der Waals surface area contributed by atoms with E-state index in [1.807, 2.05) is 18.2 Å². The van der Waals surface area contributed by atoms with Crippen LogP contribution in [0.1, 0.15) is 16.1 Å². The zero-order valence-corrected chi connectivity index (χ0v) is 13.4. The number of nitrogens with zero attached hydrogens (tertiary/aromatic N) is 2. The number of benzene rings is 2. The molecule has 0 spiro atoms. The second-order valence-electron chi connectivity index (χ2n) is 5.41. The van der Waals surface area contributed by atoms with E-state index in [2.05, 4.69) is 10.4 Å². The number of aryl methyl sites for hydroxylation is 1. The van der Waals surface area contributed by atoms with Gasteiger partial charge in [-0.2, -0.15) is 5.10 Å². The molecule has 0 fully saturated rings. The molecule has 1 heterocycles. The summed E-state index contributed by atoms with van der Waals surface area (Å²) in [6.45, 7) is 0.444. The van der Waals surface area contributed by atoms with Crippen molar-refractivity contribution in [3.63, 3.8) is 0 Å². The highest BCUT2D eigenvalue weighted by Gasteiger charge is 2.16. The molecule has 0 bridgehead atoms. The summed E-state index contributed by atoms with van der Waals surface area (Å²) in [7, 11) is 3.31. The minimum atomic E-state index is -0.532. The number of methoxy groups -OCH3 is 1. The maximum Gasteiger partial charge on any atom is 0.280 e. The van der Waals surface area contributed by atoms with Gasteiger partial charge in [0.25, 0.3) is 5.91 Å². The normalized spacial score (nSPS) is 10.8. The van der Waals surface area contributed by atoms with Crippen LogP contribution in [0.5, 0.6) is 0 Å². The van der Waals surface area contributed by atoms with Crippen molar-refractivity contribution in [1.82, 2.24) is 9.78 Å². The topological polar surface area (TPSA) is 73.2 Å². The summed E-state index contributed by atoms with van der Waals surface area (Å²) in [6.07, 6.45) is 0. The van der Waals surface area contributed by atoms with Gasteiger partial charge >= 0.3 is 0 Å². The fourth-order valence-electron chi connectivity index (χ4n) is 2.57. The number of aromatic nitrogens is 2. The smallest absolute Gasteiger partial charge is 0.280 e. The van der Waals surface area contributed by atoms with Crippen LogP contribution in [-0.2, 0) is 18.4 Å². The zero-order chi connectivity index (χ0) is 17.1. The number of fused-ring (bicyclic) bond motifs is 1. The van der Waals surface area contributed by atoms with Gasteiger partial charge in [-0.1, -0.05) is 24.3 Å². The molecule has 0 aliphatic carbocycles. The maximum atomic E-state index is 12.5. The maximum absolute atomic E-state index is 12.5. The Morgan fingerprint density at radius 3 is 2.79 bits per heavy atom. The van der Waals surface area contributed by atoms with Crippen molar-refractivity contribution < 1.29 is 9.53 Å². The van der Waals surface area contributed by atoms with Crippen molar-refractivity contribution in [2.75, 3.05) is 12.4 Å². The van der Waals surface area contributed by atoms with Gasteiger partial charge in [-0.05, 0) is 29.8 Å². The van der Waals surface area contributed by atoms with Crippen LogP contribution in [0.4, 0.5) is 5.69 Å². The van der Waals surface area contributed by atoms with Crippen molar-refractivity contribution in [2.45, 2.75) is 6.61 Å². The number of hydrogen-bond donors (Lipinski definition) is 1. The summed E-state index contributed by atoms with van der Waals surface area (Å²) in [5, 5.41) is 7.31. The second kappa shape index (κ2) is 6.64. The Labute approximate surface area is 138 Å². The monoisotopic (exact) mass is 323 g/mol. The number of amides is 1. The molecule has 1 N–H and O–H groups in total. The molecule has 3 rings (SSSR count). The third kappa shape index (κ3) is 3.04. The fraction of sp³-hybridized carbons (Fsp3) is 0.167. The number of hydrogen-bond acceptors (Lipinski definition) is 4. The van der Waals surface area contributed by atoms with Crippen molar-refractivity contribution in [2.24, 2.45) is 7.05 Å². The van der Waals surface area contributed by atoms with Gasteiger partial charge in [0.15, 0.2) is 5.69 Å². The van der Waals surface area contributed by atoms with Gasteiger partial charge < -0.3 is 10.1 Å². The predicted octanol–water partition coefficient (Wildman–Crippen LogP) is 2.33. The van der Waals surface area contributed by atoms with Gasteiger partial charge in [-0.3, -0.25) is 14.3 Å². The third-order valence-corrected chi connectivity index (χ3v) is 3.67. The van der Waals surface area contributed by atoms with E-state index < -0.39 is 5.91 Å². The first-order valence-corrected chi connectivity index (χ1v) is 7.45. The molecule has 3 aromatic rings.